The second kappa shape index (κ2) is 7.55. The van der Waals surface area contributed by atoms with Gasteiger partial charge in [-0.2, -0.15) is 0 Å². The second-order valence-corrected chi connectivity index (χ2v) is 3.16. The number of nitrogens with zero attached hydrogens (tertiary/aromatic N) is 1. The van der Waals surface area contributed by atoms with Gasteiger partial charge in [-0.25, -0.2) is 4.98 Å². The van der Waals surface area contributed by atoms with Gasteiger partial charge in [0.1, 0.15) is 10.8 Å². The van der Waals surface area contributed by atoms with E-state index < -0.39 is 5.91 Å². The zero-order valence-corrected chi connectivity index (χ0v) is 9.59. The summed E-state index contributed by atoms with van der Waals surface area (Å²) < 4.78 is 0. The summed E-state index contributed by atoms with van der Waals surface area (Å²) in [7, 11) is 0. The number of nitrogens with one attached hydrogen (secondary N) is 1. The highest BCUT2D eigenvalue weighted by molar-refractivity contribution is 7.80. The SMILES string of the molecule is NC(=O)c1cccc(Cl)n1.NC(=S)NC=O. The number of primary amides is 1. The maximum absolute atomic E-state index is 10.5. The molecule has 0 atom stereocenters. The standard InChI is InChI=1S/C6H5ClN2O.C2H4N2OS/c7-5-3-1-2-4(9-5)6(8)10;3-2(6)4-1-5/h1-3H,(H2,8,10);1H,(H3,3,4,5,6). The van der Waals surface area contributed by atoms with Gasteiger partial charge < -0.3 is 16.8 Å². The maximum atomic E-state index is 10.5. The summed E-state index contributed by atoms with van der Waals surface area (Å²) in [6.45, 7) is 0. The fourth-order valence-corrected chi connectivity index (χ4v) is 0.815. The molecular weight excluding hydrogens is 252 g/mol. The summed E-state index contributed by atoms with van der Waals surface area (Å²) in [6, 6.07) is 4.71. The number of thiocarbonyl (C=S) groups is 1. The first-order valence-electron chi connectivity index (χ1n) is 3.89. The van der Waals surface area contributed by atoms with Gasteiger partial charge in [0.2, 0.25) is 6.41 Å². The number of hydrogen-bond donors (Lipinski definition) is 3. The first-order chi connectivity index (χ1) is 7.47. The molecule has 1 heterocycles. The smallest absolute Gasteiger partial charge is 0.267 e. The zero-order valence-electron chi connectivity index (χ0n) is 8.01. The molecule has 1 aromatic heterocycles. The van der Waals surface area contributed by atoms with E-state index in [0.717, 1.165) is 0 Å². The summed E-state index contributed by atoms with van der Waals surface area (Å²) in [4.78, 5) is 23.5. The number of carbonyl (C=O) groups excluding carboxylic acids is 2. The van der Waals surface area contributed by atoms with Gasteiger partial charge in [-0.1, -0.05) is 17.7 Å². The van der Waals surface area contributed by atoms with Gasteiger partial charge in [0.05, 0.1) is 0 Å². The first kappa shape index (κ1) is 14.3. The number of hydrogen-bond acceptors (Lipinski definition) is 4. The average Bonchev–Trinajstić information content (AvgIpc) is 2.18. The van der Waals surface area contributed by atoms with Crippen LogP contribution in [0.15, 0.2) is 18.2 Å². The van der Waals surface area contributed by atoms with E-state index in [1.54, 1.807) is 12.1 Å². The van der Waals surface area contributed by atoms with E-state index in [-0.39, 0.29) is 16.0 Å². The summed E-state index contributed by atoms with van der Waals surface area (Å²) in [5.41, 5.74) is 9.90. The third-order valence-electron chi connectivity index (χ3n) is 1.17. The van der Waals surface area contributed by atoms with Gasteiger partial charge in [0.15, 0.2) is 5.11 Å². The minimum atomic E-state index is -0.567. The van der Waals surface area contributed by atoms with Crippen molar-refractivity contribution < 1.29 is 9.59 Å². The van der Waals surface area contributed by atoms with E-state index in [0.29, 0.717) is 6.41 Å². The van der Waals surface area contributed by atoms with Crippen molar-refractivity contribution in [3.05, 3.63) is 29.0 Å². The van der Waals surface area contributed by atoms with Crippen LogP contribution in [0.3, 0.4) is 0 Å². The molecule has 0 spiro atoms. The first-order valence-corrected chi connectivity index (χ1v) is 4.68. The Balaban J connectivity index is 0.000000325. The Labute approximate surface area is 102 Å². The minimum Gasteiger partial charge on any atom is -0.376 e. The quantitative estimate of drug-likeness (QED) is 0.388. The summed E-state index contributed by atoms with van der Waals surface area (Å²) in [5.74, 6) is -0.567. The Morgan fingerprint density at radius 2 is 2.12 bits per heavy atom. The lowest BCUT2D eigenvalue weighted by Gasteiger charge is -1.92. The van der Waals surface area contributed by atoms with E-state index in [4.69, 9.17) is 23.1 Å². The van der Waals surface area contributed by atoms with Crippen LogP contribution in [-0.4, -0.2) is 22.4 Å². The van der Waals surface area contributed by atoms with Crippen LogP contribution in [0.1, 0.15) is 10.5 Å². The Kier molecular flexibility index (Phi) is 6.73. The van der Waals surface area contributed by atoms with E-state index in [1.807, 2.05) is 5.32 Å². The molecule has 0 aliphatic heterocycles. The number of aromatic nitrogens is 1. The summed E-state index contributed by atoms with van der Waals surface area (Å²) >= 11 is 9.70. The van der Waals surface area contributed by atoms with Crippen LogP contribution in [0.5, 0.6) is 0 Å². The Hall–Kier alpha value is -1.73. The molecule has 1 aromatic rings. The lowest BCUT2D eigenvalue weighted by Crippen LogP contribution is -2.27. The van der Waals surface area contributed by atoms with Gasteiger partial charge >= 0.3 is 0 Å². The van der Waals surface area contributed by atoms with Crippen LogP contribution in [0.25, 0.3) is 0 Å². The summed E-state index contributed by atoms with van der Waals surface area (Å²) in [6.07, 6.45) is 0.433. The molecule has 0 fully saturated rings. The predicted octanol–water partition coefficient (Wildman–Crippen LogP) is -0.190. The molecule has 0 radical (unpaired) electrons. The fraction of sp³-hybridized carbons (Fsp3) is 0. The van der Waals surface area contributed by atoms with Gasteiger partial charge in [0, 0.05) is 0 Å². The van der Waals surface area contributed by atoms with E-state index in [1.165, 1.54) is 6.07 Å². The number of pyridine rings is 1. The van der Waals surface area contributed by atoms with Crippen molar-refractivity contribution >= 4 is 41.2 Å². The molecule has 0 aliphatic rings. The normalized spacial score (nSPS) is 8.31. The lowest BCUT2D eigenvalue weighted by molar-refractivity contribution is -0.108. The van der Waals surface area contributed by atoms with Crippen molar-refractivity contribution in [1.82, 2.24) is 10.3 Å². The number of amides is 2. The molecule has 2 amide bonds. The molecule has 0 unspecified atom stereocenters. The van der Waals surface area contributed by atoms with Crippen LogP contribution in [0.2, 0.25) is 5.15 Å². The van der Waals surface area contributed by atoms with Crippen molar-refractivity contribution in [2.75, 3.05) is 0 Å². The third-order valence-corrected chi connectivity index (χ3v) is 1.50. The predicted molar refractivity (Wildman–Crippen MR) is 63.8 cm³/mol. The molecule has 16 heavy (non-hydrogen) atoms. The van der Waals surface area contributed by atoms with Crippen LogP contribution >= 0.6 is 23.8 Å². The Morgan fingerprint density at radius 1 is 1.50 bits per heavy atom. The van der Waals surface area contributed by atoms with Crippen molar-refractivity contribution in [2.24, 2.45) is 11.5 Å². The lowest BCUT2D eigenvalue weighted by atomic mass is 10.3. The maximum Gasteiger partial charge on any atom is 0.267 e. The van der Waals surface area contributed by atoms with E-state index in [9.17, 15) is 9.59 Å². The van der Waals surface area contributed by atoms with Crippen molar-refractivity contribution in [3.8, 4) is 0 Å². The molecule has 0 aliphatic carbocycles. The molecule has 6 nitrogen and oxygen atoms in total. The highest BCUT2D eigenvalue weighted by atomic mass is 35.5. The molecule has 0 aromatic carbocycles. The Bertz CT molecular complexity index is 399. The van der Waals surface area contributed by atoms with Gasteiger partial charge in [-0.3, -0.25) is 9.59 Å². The second-order valence-electron chi connectivity index (χ2n) is 2.34. The largest absolute Gasteiger partial charge is 0.376 e. The van der Waals surface area contributed by atoms with Crippen LogP contribution in [0.4, 0.5) is 0 Å². The highest BCUT2D eigenvalue weighted by Gasteiger charge is 1.99. The number of rotatable bonds is 2. The van der Waals surface area contributed by atoms with Gasteiger partial charge in [0.25, 0.3) is 5.91 Å². The van der Waals surface area contributed by atoms with Crippen molar-refractivity contribution in [2.45, 2.75) is 0 Å². The summed E-state index contributed by atoms with van der Waals surface area (Å²) in [5, 5.41) is 2.32. The van der Waals surface area contributed by atoms with Crippen LogP contribution < -0.4 is 16.8 Å². The highest BCUT2D eigenvalue weighted by Crippen LogP contribution is 2.03. The molecule has 5 N–H and O–H groups in total. The van der Waals surface area contributed by atoms with Gasteiger partial charge in [-0.15, -0.1) is 0 Å². The minimum absolute atomic E-state index is 0.00463. The van der Waals surface area contributed by atoms with Crippen molar-refractivity contribution in [3.63, 3.8) is 0 Å². The van der Waals surface area contributed by atoms with Crippen molar-refractivity contribution in [1.29, 1.82) is 0 Å². The molecule has 0 saturated heterocycles. The molecule has 86 valence electrons. The molecule has 1 rings (SSSR count). The number of carbonyl (C=O) groups is 2. The zero-order chi connectivity index (χ0) is 12.6. The third kappa shape index (κ3) is 6.68. The molecule has 0 bridgehead atoms. The Morgan fingerprint density at radius 3 is 2.38 bits per heavy atom. The molecular formula is C8H9ClN4O2S. The number of nitrogens with two attached hydrogens (primary N) is 2. The van der Waals surface area contributed by atoms with E-state index >= 15 is 0 Å². The van der Waals surface area contributed by atoms with Crippen LogP contribution in [-0.2, 0) is 4.79 Å². The number of halogens is 1. The van der Waals surface area contributed by atoms with Crippen LogP contribution in [0, 0.1) is 0 Å². The van der Waals surface area contributed by atoms with E-state index in [2.05, 4.69) is 17.2 Å². The monoisotopic (exact) mass is 260 g/mol. The topological polar surface area (TPSA) is 111 Å². The van der Waals surface area contributed by atoms with Gasteiger partial charge in [-0.05, 0) is 24.4 Å². The molecule has 8 heteroatoms. The average molecular weight is 261 g/mol. The fourth-order valence-electron chi connectivity index (χ4n) is 0.604. The molecule has 0 saturated carbocycles.